The van der Waals surface area contributed by atoms with Crippen LogP contribution in [0.5, 0.6) is 0 Å². The van der Waals surface area contributed by atoms with Crippen molar-refractivity contribution >= 4 is 22.2 Å². The predicted molar refractivity (Wildman–Crippen MR) is 82.0 cm³/mol. The number of rotatable bonds is 5. The number of anilines is 1. The number of hydrogen-bond acceptors (Lipinski definition) is 4. The van der Waals surface area contributed by atoms with Crippen molar-refractivity contribution in [2.24, 2.45) is 0 Å². The highest BCUT2D eigenvalue weighted by atomic mass is 32.1. The molecule has 20 heavy (non-hydrogen) atoms. The molecule has 0 bridgehead atoms. The van der Waals surface area contributed by atoms with Crippen molar-refractivity contribution in [3.8, 4) is 10.6 Å². The molecule has 106 valence electrons. The van der Waals surface area contributed by atoms with Gasteiger partial charge in [-0.3, -0.25) is 4.79 Å². The lowest BCUT2D eigenvalue weighted by Gasteiger charge is -2.10. The number of amides is 1. The van der Waals surface area contributed by atoms with Gasteiger partial charge in [-0.25, -0.2) is 4.98 Å². The zero-order valence-corrected chi connectivity index (χ0v) is 12.7. The van der Waals surface area contributed by atoms with Crippen LogP contribution in [0.15, 0.2) is 30.3 Å². The van der Waals surface area contributed by atoms with Crippen LogP contribution in [0.1, 0.15) is 19.5 Å². The summed E-state index contributed by atoms with van der Waals surface area (Å²) in [5.74, 6) is -0.141. The van der Waals surface area contributed by atoms with Crippen LogP contribution in [0, 0.1) is 6.92 Å². The van der Waals surface area contributed by atoms with Crippen molar-refractivity contribution in [3.05, 3.63) is 36.0 Å². The molecule has 2 rings (SSSR count). The number of aryl methyl sites for hydroxylation is 1. The second kappa shape index (κ2) is 6.63. The Morgan fingerprint density at radius 2 is 2.10 bits per heavy atom. The summed E-state index contributed by atoms with van der Waals surface area (Å²) in [5, 5.41) is 4.56. The highest BCUT2D eigenvalue weighted by Gasteiger charge is 2.16. The normalized spacial score (nSPS) is 12.2. The molecule has 5 heteroatoms. The van der Waals surface area contributed by atoms with Gasteiger partial charge in [-0.1, -0.05) is 41.7 Å². The van der Waals surface area contributed by atoms with Crippen LogP contribution in [0.25, 0.3) is 10.6 Å². The number of benzene rings is 1. The van der Waals surface area contributed by atoms with E-state index in [9.17, 15) is 4.79 Å². The monoisotopic (exact) mass is 290 g/mol. The van der Waals surface area contributed by atoms with Crippen molar-refractivity contribution in [2.75, 3.05) is 11.9 Å². The first kappa shape index (κ1) is 14.7. The number of nitrogens with zero attached hydrogens (tertiary/aromatic N) is 1. The fourth-order valence-corrected chi connectivity index (χ4v) is 2.73. The first-order valence-corrected chi connectivity index (χ1v) is 7.38. The Balaban J connectivity index is 2.14. The third-order valence-corrected chi connectivity index (χ3v) is 3.96. The summed E-state index contributed by atoms with van der Waals surface area (Å²) in [6.07, 6.45) is -0.457. The van der Waals surface area contributed by atoms with Gasteiger partial charge in [0.05, 0.1) is 5.69 Å². The average Bonchev–Trinajstić information content (AvgIpc) is 2.81. The predicted octanol–water partition coefficient (Wildman–Crippen LogP) is 3.48. The smallest absolute Gasteiger partial charge is 0.253 e. The third-order valence-electron chi connectivity index (χ3n) is 2.84. The number of nitrogens with one attached hydrogen (secondary N) is 1. The van der Waals surface area contributed by atoms with Gasteiger partial charge >= 0.3 is 0 Å². The summed E-state index contributed by atoms with van der Waals surface area (Å²) in [5.41, 5.74) is 1.88. The lowest BCUT2D eigenvalue weighted by Crippen LogP contribution is -2.27. The molecule has 1 heterocycles. The highest BCUT2D eigenvalue weighted by Crippen LogP contribution is 2.31. The molecule has 0 fully saturated rings. The van der Waals surface area contributed by atoms with E-state index in [1.165, 1.54) is 11.3 Å². The van der Waals surface area contributed by atoms with Crippen LogP contribution in [-0.2, 0) is 9.53 Å². The minimum Gasteiger partial charge on any atom is -0.369 e. The Morgan fingerprint density at radius 3 is 2.75 bits per heavy atom. The molecule has 1 aromatic heterocycles. The second-order valence-electron chi connectivity index (χ2n) is 4.39. The van der Waals surface area contributed by atoms with E-state index in [1.807, 2.05) is 44.2 Å². The van der Waals surface area contributed by atoms with Gasteiger partial charge in [-0.05, 0) is 20.8 Å². The first-order chi connectivity index (χ1) is 9.61. The van der Waals surface area contributed by atoms with Crippen LogP contribution in [-0.4, -0.2) is 23.6 Å². The summed E-state index contributed by atoms with van der Waals surface area (Å²) < 4.78 is 5.28. The summed E-state index contributed by atoms with van der Waals surface area (Å²) in [6.45, 7) is 6.03. The molecule has 4 nitrogen and oxygen atoms in total. The first-order valence-electron chi connectivity index (χ1n) is 6.57. The molecule has 0 saturated carbocycles. The lowest BCUT2D eigenvalue weighted by atomic mass is 10.2. The molecule has 0 spiro atoms. The van der Waals surface area contributed by atoms with Crippen LogP contribution in [0.3, 0.4) is 0 Å². The van der Waals surface area contributed by atoms with Crippen molar-refractivity contribution in [2.45, 2.75) is 26.9 Å². The van der Waals surface area contributed by atoms with Crippen LogP contribution < -0.4 is 5.32 Å². The number of carbonyl (C=O) groups excluding carboxylic acids is 1. The molecule has 0 radical (unpaired) electrons. The second-order valence-corrected chi connectivity index (χ2v) is 5.39. The molecule has 1 atom stereocenters. The number of ether oxygens (including phenoxy) is 1. The van der Waals surface area contributed by atoms with E-state index >= 15 is 0 Å². The molecule has 1 unspecified atom stereocenters. The SMILES string of the molecule is CCOC(C)C(=O)Nc1sc(-c2ccccc2)nc1C. The van der Waals surface area contributed by atoms with Gasteiger partial charge < -0.3 is 10.1 Å². The van der Waals surface area contributed by atoms with E-state index in [1.54, 1.807) is 6.92 Å². The largest absolute Gasteiger partial charge is 0.369 e. The fraction of sp³-hybridized carbons (Fsp3) is 0.333. The fourth-order valence-electron chi connectivity index (χ4n) is 1.76. The Hall–Kier alpha value is -1.72. The van der Waals surface area contributed by atoms with E-state index in [0.29, 0.717) is 6.61 Å². The standard InChI is InChI=1S/C15H18N2O2S/c1-4-19-11(3)13(18)17-14-10(2)16-15(20-14)12-8-6-5-7-9-12/h5-9,11H,4H2,1-3H3,(H,17,18). The Bertz CT molecular complexity index is 581. The molecule has 0 aliphatic heterocycles. The van der Waals surface area contributed by atoms with Crippen molar-refractivity contribution in [3.63, 3.8) is 0 Å². The lowest BCUT2D eigenvalue weighted by molar-refractivity contribution is -0.126. The molecule has 2 aromatic rings. The number of aromatic nitrogens is 1. The maximum absolute atomic E-state index is 11.9. The average molecular weight is 290 g/mol. The van der Waals surface area contributed by atoms with E-state index in [-0.39, 0.29) is 5.91 Å². The maximum Gasteiger partial charge on any atom is 0.253 e. The number of carbonyl (C=O) groups is 1. The zero-order chi connectivity index (χ0) is 14.5. The Kier molecular flexibility index (Phi) is 4.87. The van der Waals surface area contributed by atoms with Gasteiger partial charge in [0.25, 0.3) is 5.91 Å². The molecule has 1 amide bonds. The minimum atomic E-state index is -0.457. The van der Waals surface area contributed by atoms with Gasteiger partial charge in [0.2, 0.25) is 0 Å². The summed E-state index contributed by atoms with van der Waals surface area (Å²) in [7, 11) is 0. The quantitative estimate of drug-likeness (QED) is 0.917. The summed E-state index contributed by atoms with van der Waals surface area (Å²) in [4.78, 5) is 16.4. The van der Waals surface area contributed by atoms with E-state index in [4.69, 9.17) is 4.74 Å². The molecule has 0 saturated heterocycles. The number of hydrogen-bond donors (Lipinski definition) is 1. The Morgan fingerprint density at radius 1 is 1.40 bits per heavy atom. The van der Waals surface area contributed by atoms with Gasteiger partial charge in [0, 0.05) is 12.2 Å². The summed E-state index contributed by atoms with van der Waals surface area (Å²) in [6, 6.07) is 9.93. The van der Waals surface area contributed by atoms with Crippen molar-refractivity contribution in [1.82, 2.24) is 4.98 Å². The van der Waals surface area contributed by atoms with Gasteiger partial charge in [-0.15, -0.1) is 0 Å². The van der Waals surface area contributed by atoms with Gasteiger partial charge in [-0.2, -0.15) is 0 Å². The number of thiazole rings is 1. The van der Waals surface area contributed by atoms with Crippen LogP contribution in [0.2, 0.25) is 0 Å². The van der Waals surface area contributed by atoms with Crippen molar-refractivity contribution < 1.29 is 9.53 Å². The molecule has 1 N–H and O–H groups in total. The molecule has 1 aromatic carbocycles. The highest BCUT2D eigenvalue weighted by molar-refractivity contribution is 7.19. The minimum absolute atomic E-state index is 0.141. The zero-order valence-electron chi connectivity index (χ0n) is 11.8. The van der Waals surface area contributed by atoms with Crippen LogP contribution >= 0.6 is 11.3 Å². The topological polar surface area (TPSA) is 51.2 Å². The van der Waals surface area contributed by atoms with Gasteiger partial charge in [0.1, 0.15) is 16.1 Å². The Labute approximate surface area is 122 Å². The molecular formula is C15H18N2O2S. The van der Waals surface area contributed by atoms with Gasteiger partial charge in [0.15, 0.2) is 0 Å². The third kappa shape index (κ3) is 3.43. The van der Waals surface area contributed by atoms with E-state index < -0.39 is 6.10 Å². The maximum atomic E-state index is 11.9. The van der Waals surface area contributed by atoms with E-state index in [2.05, 4.69) is 10.3 Å². The molecule has 0 aliphatic rings. The van der Waals surface area contributed by atoms with Crippen molar-refractivity contribution in [1.29, 1.82) is 0 Å². The van der Waals surface area contributed by atoms with E-state index in [0.717, 1.165) is 21.3 Å². The molecule has 0 aliphatic carbocycles. The summed E-state index contributed by atoms with van der Waals surface area (Å²) >= 11 is 1.48. The molecular weight excluding hydrogens is 272 g/mol. The van der Waals surface area contributed by atoms with Crippen LogP contribution in [0.4, 0.5) is 5.00 Å².